The Morgan fingerprint density at radius 2 is 1.33 bits per heavy atom. The lowest BCUT2D eigenvalue weighted by molar-refractivity contribution is 0.405. The van der Waals surface area contributed by atoms with Gasteiger partial charge in [-0.1, -0.05) is 0 Å². The van der Waals surface area contributed by atoms with Gasteiger partial charge in [-0.2, -0.15) is 0 Å². The molecule has 0 aromatic carbocycles. The van der Waals surface area contributed by atoms with Crippen molar-refractivity contribution in [2.75, 3.05) is 0 Å². The van der Waals surface area contributed by atoms with Gasteiger partial charge < -0.3 is 0 Å². The zero-order chi connectivity index (χ0) is 10.6. The quantitative estimate of drug-likeness (QED) is 0.727. The Bertz CT molecular complexity index is 241. The van der Waals surface area contributed by atoms with Crippen molar-refractivity contribution in [3.63, 3.8) is 0 Å². The summed E-state index contributed by atoms with van der Waals surface area (Å²) in [5.41, 5.74) is 3.58. The summed E-state index contributed by atoms with van der Waals surface area (Å²) < 4.78 is 8.70. The third kappa shape index (κ3) is 19.8. The van der Waals surface area contributed by atoms with E-state index in [1.165, 1.54) is 0 Å². The topological polar surface area (TPSA) is 83.3 Å². The maximum Gasteiger partial charge on any atom is 0.692 e. The van der Waals surface area contributed by atoms with Crippen molar-refractivity contribution >= 4 is 43.3 Å². The van der Waals surface area contributed by atoms with Gasteiger partial charge in [0.1, 0.15) is 0 Å². The molecule has 2 rings (SSSR count). The Labute approximate surface area is 102 Å². The molecule has 0 aliphatic carbocycles. The van der Waals surface area contributed by atoms with Crippen LogP contribution in [-0.2, 0) is 4.57 Å². The molecule has 0 saturated heterocycles. The van der Waals surface area contributed by atoms with E-state index in [0.29, 0.717) is 0 Å². The molecule has 9 heteroatoms. The minimum absolute atomic E-state index is 0. The van der Waals surface area contributed by atoms with Crippen molar-refractivity contribution in [1.82, 2.24) is 9.97 Å². The van der Waals surface area contributed by atoms with Gasteiger partial charge >= 0.3 is 8.25 Å². The van der Waals surface area contributed by atoms with Crippen LogP contribution >= 0.6 is 43.3 Å². The molecule has 0 saturated carbocycles. The molecule has 0 amide bonds. The average molecular weight is 288 g/mol. The summed E-state index contributed by atoms with van der Waals surface area (Å²) in [7, 11) is -2.87. The number of halogens is 1. The van der Waals surface area contributed by atoms with E-state index in [4.69, 9.17) is 14.4 Å². The Hall–Kier alpha value is -0.430. The molecule has 0 fully saturated rings. The molecule has 0 radical (unpaired) electrons. The van der Waals surface area contributed by atoms with Crippen LogP contribution in [0.25, 0.3) is 0 Å². The fraction of sp³-hybridized carbons (Fsp3) is 0. The molecule has 2 heterocycles. The molecule has 2 aromatic rings. The lowest BCUT2D eigenvalue weighted by Gasteiger charge is -1.41. The Kier molecular flexibility index (Phi) is 15.4. The van der Waals surface area contributed by atoms with Gasteiger partial charge in [0.15, 0.2) is 0 Å². The van der Waals surface area contributed by atoms with E-state index >= 15 is 0 Å². The maximum absolute atomic E-state index is 8.70. The third-order valence-corrected chi connectivity index (χ3v) is 1.74. The molecule has 84 valence electrons. The van der Waals surface area contributed by atoms with Crippen LogP contribution < -0.4 is 0 Å². The summed E-state index contributed by atoms with van der Waals surface area (Å²) in [5.74, 6) is 0. The number of thiazole rings is 2. The minimum atomic E-state index is -2.87. The summed E-state index contributed by atoms with van der Waals surface area (Å²) >= 11 is 3.20. The van der Waals surface area contributed by atoms with E-state index in [-0.39, 0.29) is 12.4 Å². The summed E-state index contributed by atoms with van der Waals surface area (Å²) in [6, 6.07) is 0. The molecule has 0 unspecified atom stereocenters. The SMILES string of the molecule is Cl.O=[P+](O)O.c1cscn1.c1cscn1. The molecular weight excluding hydrogens is 279 g/mol. The van der Waals surface area contributed by atoms with Gasteiger partial charge in [0, 0.05) is 27.7 Å². The van der Waals surface area contributed by atoms with Crippen LogP contribution in [0.15, 0.2) is 34.2 Å². The normalized spacial score (nSPS) is 7.07. The van der Waals surface area contributed by atoms with E-state index in [2.05, 4.69) is 9.97 Å². The molecule has 2 aromatic heterocycles. The van der Waals surface area contributed by atoms with Crippen LogP contribution in [0.4, 0.5) is 0 Å². The van der Waals surface area contributed by atoms with E-state index in [9.17, 15) is 0 Å². The molecule has 15 heavy (non-hydrogen) atoms. The molecule has 0 aliphatic rings. The van der Waals surface area contributed by atoms with E-state index in [1.54, 1.807) is 46.1 Å². The van der Waals surface area contributed by atoms with Crippen LogP contribution in [0.5, 0.6) is 0 Å². The van der Waals surface area contributed by atoms with Crippen LogP contribution in [0.3, 0.4) is 0 Å². The predicted molar refractivity (Wildman–Crippen MR) is 63.5 cm³/mol. The Balaban J connectivity index is 0. The highest BCUT2D eigenvalue weighted by Gasteiger charge is 1.93. The third-order valence-electron chi connectivity index (χ3n) is 0.694. The van der Waals surface area contributed by atoms with Gasteiger partial charge in [0.2, 0.25) is 0 Å². The number of hydrogen-bond acceptors (Lipinski definition) is 5. The standard InChI is InChI=1S/2C3H3NS.ClH.HO3P/c2*1-2-5-3-4-1;;1-4(2)3/h2*1-3H;1H;(H-,1,2,3)/p+1. The highest BCUT2D eigenvalue weighted by molar-refractivity contribution is 7.30. The first-order chi connectivity index (χ1) is 6.73. The van der Waals surface area contributed by atoms with Gasteiger partial charge in [-0.25, -0.2) is 0 Å². The number of hydrogen-bond donors (Lipinski definition) is 2. The molecule has 0 bridgehead atoms. The van der Waals surface area contributed by atoms with Gasteiger partial charge in [-0.15, -0.1) is 44.9 Å². The Morgan fingerprint density at radius 1 is 1.00 bits per heavy atom. The van der Waals surface area contributed by atoms with Crippen molar-refractivity contribution in [1.29, 1.82) is 0 Å². The van der Waals surface area contributed by atoms with E-state index in [0.717, 1.165) is 0 Å². The predicted octanol–water partition coefficient (Wildman–Crippen LogP) is 2.34. The summed E-state index contributed by atoms with van der Waals surface area (Å²) in [4.78, 5) is 21.7. The molecule has 0 aliphatic heterocycles. The molecule has 2 N–H and O–H groups in total. The van der Waals surface area contributed by atoms with Crippen molar-refractivity contribution in [2.24, 2.45) is 0 Å². The lowest BCUT2D eigenvalue weighted by Crippen LogP contribution is -1.38. The fourth-order valence-corrected chi connectivity index (χ4v) is 1.05. The summed E-state index contributed by atoms with van der Waals surface area (Å²) in [6.07, 6.45) is 3.54. The van der Waals surface area contributed by atoms with Crippen molar-refractivity contribution in [3.05, 3.63) is 34.2 Å². The highest BCUT2D eigenvalue weighted by Crippen LogP contribution is 1.98. The second kappa shape index (κ2) is 13.6. The minimum Gasteiger partial charge on any atom is -0.253 e. The van der Waals surface area contributed by atoms with E-state index in [1.807, 2.05) is 10.8 Å². The summed E-state index contributed by atoms with van der Waals surface area (Å²) in [6.45, 7) is 0. The van der Waals surface area contributed by atoms with Crippen molar-refractivity contribution in [3.8, 4) is 0 Å². The van der Waals surface area contributed by atoms with Crippen LogP contribution in [0, 0.1) is 0 Å². The first kappa shape index (κ1) is 17.0. The van der Waals surface area contributed by atoms with Crippen molar-refractivity contribution in [2.45, 2.75) is 0 Å². The van der Waals surface area contributed by atoms with Crippen LogP contribution in [0.1, 0.15) is 0 Å². The Morgan fingerprint density at radius 3 is 1.40 bits per heavy atom. The number of nitrogens with zero attached hydrogens (tertiary/aromatic N) is 2. The summed E-state index contributed by atoms with van der Waals surface area (Å²) in [5, 5.41) is 3.86. The zero-order valence-electron chi connectivity index (χ0n) is 7.33. The van der Waals surface area contributed by atoms with Gasteiger partial charge in [0.05, 0.1) is 11.0 Å². The second-order valence-electron chi connectivity index (χ2n) is 1.60. The zero-order valence-corrected chi connectivity index (χ0v) is 10.7. The van der Waals surface area contributed by atoms with Gasteiger partial charge in [-0.05, 0) is 0 Å². The molecule has 0 spiro atoms. The molecule has 0 atom stereocenters. The molecular formula is C6H9ClN2O3PS2+. The fourth-order valence-electron chi connectivity index (χ4n) is 0.351. The first-order valence-corrected chi connectivity index (χ1v) is 6.28. The van der Waals surface area contributed by atoms with Crippen LogP contribution in [0.2, 0.25) is 0 Å². The second-order valence-corrected chi connectivity index (χ2v) is 3.62. The highest BCUT2D eigenvalue weighted by atomic mass is 35.5. The number of aromatic nitrogens is 2. The van der Waals surface area contributed by atoms with Crippen LogP contribution in [-0.4, -0.2) is 19.8 Å². The van der Waals surface area contributed by atoms with Crippen molar-refractivity contribution < 1.29 is 14.4 Å². The van der Waals surface area contributed by atoms with Gasteiger partial charge in [-0.3, -0.25) is 9.97 Å². The van der Waals surface area contributed by atoms with E-state index < -0.39 is 8.25 Å². The monoisotopic (exact) mass is 287 g/mol. The average Bonchev–Trinajstić information content (AvgIpc) is 2.83. The largest absolute Gasteiger partial charge is 0.692 e. The lowest BCUT2D eigenvalue weighted by atomic mass is 11.0. The first-order valence-electron chi connectivity index (χ1n) is 3.22. The maximum atomic E-state index is 8.70. The van der Waals surface area contributed by atoms with Gasteiger partial charge in [0.25, 0.3) is 0 Å². The smallest absolute Gasteiger partial charge is 0.253 e. The molecule has 5 nitrogen and oxygen atoms in total. The number of rotatable bonds is 0.